The van der Waals surface area contributed by atoms with E-state index >= 15 is 0 Å². The summed E-state index contributed by atoms with van der Waals surface area (Å²) in [6, 6.07) is 3.79. The summed E-state index contributed by atoms with van der Waals surface area (Å²) in [6.07, 6.45) is 5.75. The lowest BCUT2D eigenvalue weighted by Gasteiger charge is -2.07. The van der Waals surface area contributed by atoms with Crippen LogP contribution in [0.2, 0.25) is 0 Å². The standard InChI is InChI=1S/C14H24N6O2/c1-2-8-20-9-4-12(5-10-20)22-11-6-14(21)17-7-3-13(18-15)19-16/h4-5,9-10H,2-3,6-8,11,15-16H2,1H3,(H-,17,18,19,21)/p+1. The van der Waals surface area contributed by atoms with Crippen LogP contribution in [-0.2, 0) is 11.3 Å². The van der Waals surface area contributed by atoms with Crippen molar-refractivity contribution in [1.82, 2.24) is 10.7 Å². The third kappa shape index (κ3) is 6.89. The van der Waals surface area contributed by atoms with Crippen LogP contribution < -0.4 is 31.7 Å². The highest BCUT2D eigenvalue weighted by Gasteiger charge is 2.04. The van der Waals surface area contributed by atoms with Crippen molar-refractivity contribution in [2.75, 3.05) is 13.2 Å². The molecule has 22 heavy (non-hydrogen) atoms. The third-order valence-electron chi connectivity index (χ3n) is 2.95. The summed E-state index contributed by atoms with van der Waals surface area (Å²) in [5.41, 5.74) is 2.35. The van der Waals surface area contributed by atoms with Crippen LogP contribution in [0, 0.1) is 0 Å². The lowest BCUT2D eigenvalue weighted by atomic mass is 10.3. The van der Waals surface area contributed by atoms with E-state index in [9.17, 15) is 4.79 Å². The topological polar surface area (TPSA) is 119 Å². The molecular formula is C14H25N6O2+. The van der Waals surface area contributed by atoms with Crippen LogP contribution >= 0.6 is 0 Å². The first-order valence-corrected chi connectivity index (χ1v) is 7.31. The number of nitrogens with one attached hydrogen (secondary N) is 2. The Bertz CT molecular complexity index is 475. The lowest BCUT2D eigenvalue weighted by molar-refractivity contribution is -0.697. The molecule has 8 nitrogen and oxygen atoms in total. The number of pyridine rings is 1. The van der Waals surface area contributed by atoms with Gasteiger partial charge in [-0.25, -0.2) is 10.4 Å². The van der Waals surface area contributed by atoms with Crippen molar-refractivity contribution >= 4 is 11.7 Å². The van der Waals surface area contributed by atoms with Crippen molar-refractivity contribution in [3.63, 3.8) is 0 Å². The van der Waals surface area contributed by atoms with Gasteiger partial charge in [-0.1, -0.05) is 6.92 Å². The van der Waals surface area contributed by atoms with Gasteiger partial charge in [-0.15, -0.1) is 0 Å². The summed E-state index contributed by atoms with van der Waals surface area (Å²) >= 11 is 0. The Labute approximate surface area is 130 Å². The van der Waals surface area contributed by atoms with Gasteiger partial charge in [-0.05, 0) is 0 Å². The summed E-state index contributed by atoms with van der Waals surface area (Å²) in [7, 11) is 0. The number of hydrazone groups is 1. The van der Waals surface area contributed by atoms with E-state index in [0.29, 0.717) is 25.4 Å². The molecule has 1 rings (SSSR count). The van der Waals surface area contributed by atoms with Gasteiger partial charge in [0, 0.05) is 31.5 Å². The van der Waals surface area contributed by atoms with Crippen molar-refractivity contribution in [3.8, 4) is 5.75 Å². The molecule has 0 aliphatic rings. The van der Waals surface area contributed by atoms with E-state index < -0.39 is 0 Å². The summed E-state index contributed by atoms with van der Waals surface area (Å²) in [5.74, 6) is 11.4. The van der Waals surface area contributed by atoms with Crippen LogP contribution in [0.1, 0.15) is 26.2 Å². The highest BCUT2D eigenvalue weighted by molar-refractivity contribution is 5.82. The molecule has 1 aromatic rings. The van der Waals surface area contributed by atoms with Gasteiger partial charge in [0.2, 0.25) is 5.91 Å². The molecule has 0 unspecified atom stereocenters. The van der Waals surface area contributed by atoms with Gasteiger partial charge in [0.05, 0.1) is 13.0 Å². The van der Waals surface area contributed by atoms with Crippen LogP contribution in [0.25, 0.3) is 0 Å². The fourth-order valence-electron chi connectivity index (χ4n) is 1.79. The molecule has 8 heteroatoms. The van der Waals surface area contributed by atoms with Crippen molar-refractivity contribution in [1.29, 1.82) is 0 Å². The zero-order chi connectivity index (χ0) is 16.2. The number of hydrogen-bond donors (Lipinski definition) is 4. The average Bonchev–Trinajstić information content (AvgIpc) is 2.53. The predicted molar refractivity (Wildman–Crippen MR) is 83.6 cm³/mol. The first-order chi connectivity index (χ1) is 10.7. The minimum Gasteiger partial charge on any atom is -0.493 e. The number of carbonyl (C=O) groups is 1. The smallest absolute Gasteiger partial charge is 0.223 e. The molecule has 0 aliphatic heterocycles. The van der Waals surface area contributed by atoms with Gasteiger partial charge in [0.15, 0.2) is 12.4 Å². The maximum absolute atomic E-state index is 11.6. The first-order valence-electron chi connectivity index (χ1n) is 7.31. The van der Waals surface area contributed by atoms with E-state index in [4.69, 9.17) is 16.4 Å². The molecule has 0 saturated heterocycles. The number of nitrogens with zero attached hydrogens (tertiary/aromatic N) is 2. The Kier molecular flexibility index (Phi) is 8.36. The van der Waals surface area contributed by atoms with Crippen LogP contribution in [-0.4, -0.2) is 24.9 Å². The Morgan fingerprint density at radius 2 is 2.09 bits per heavy atom. The minimum absolute atomic E-state index is 0.0922. The Morgan fingerprint density at radius 1 is 1.36 bits per heavy atom. The van der Waals surface area contributed by atoms with Crippen molar-refractivity contribution in [3.05, 3.63) is 24.5 Å². The molecule has 1 amide bonds. The van der Waals surface area contributed by atoms with Crippen molar-refractivity contribution in [2.24, 2.45) is 16.8 Å². The molecular weight excluding hydrogens is 284 g/mol. The minimum atomic E-state index is -0.0922. The molecule has 0 fully saturated rings. The fourth-order valence-corrected chi connectivity index (χ4v) is 1.79. The van der Waals surface area contributed by atoms with Gasteiger partial charge < -0.3 is 21.3 Å². The zero-order valence-corrected chi connectivity index (χ0v) is 12.9. The molecule has 0 radical (unpaired) electrons. The number of amidine groups is 1. The second-order valence-corrected chi connectivity index (χ2v) is 4.69. The molecule has 0 aromatic carbocycles. The molecule has 122 valence electrons. The number of aryl methyl sites for hydroxylation is 1. The van der Waals surface area contributed by atoms with Crippen molar-refractivity contribution in [2.45, 2.75) is 32.7 Å². The maximum Gasteiger partial charge on any atom is 0.223 e. The molecule has 6 N–H and O–H groups in total. The summed E-state index contributed by atoms with van der Waals surface area (Å²) in [5, 5.41) is 6.17. The number of nitrogens with two attached hydrogens (primary N) is 2. The molecule has 0 atom stereocenters. The Hall–Kier alpha value is -2.35. The van der Waals surface area contributed by atoms with Crippen molar-refractivity contribution < 1.29 is 14.1 Å². The van der Waals surface area contributed by atoms with Crippen LogP contribution in [0.15, 0.2) is 29.6 Å². The number of carbonyl (C=O) groups excluding carboxylic acids is 1. The molecule has 0 bridgehead atoms. The number of aromatic nitrogens is 1. The normalized spacial score (nSPS) is 11.1. The predicted octanol–water partition coefficient (Wildman–Crippen LogP) is -0.605. The van der Waals surface area contributed by atoms with Gasteiger partial charge in [-0.3, -0.25) is 4.79 Å². The number of ether oxygens (including phenoxy) is 1. The van der Waals surface area contributed by atoms with Crippen LogP contribution in [0.4, 0.5) is 0 Å². The largest absolute Gasteiger partial charge is 0.493 e. The second kappa shape index (κ2) is 10.4. The molecule has 0 saturated carbocycles. The first kappa shape index (κ1) is 17.7. The zero-order valence-electron chi connectivity index (χ0n) is 12.9. The van der Waals surface area contributed by atoms with E-state index in [0.717, 1.165) is 18.7 Å². The van der Waals surface area contributed by atoms with E-state index in [-0.39, 0.29) is 12.3 Å². The number of rotatable bonds is 9. The molecule has 1 heterocycles. The fraction of sp³-hybridized carbons (Fsp3) is 0.500. The average molecular weight is 309 g/mol. The van der Waals surface area contributed by atoms with Gasteiger partial charge >= 0.3 is 0 Å². The Morgan fingerprint density at radius 3 is 2.68 bits per heavy atom. The van der Waals surface area contributed by atoms with Gasteiger partial charge in [0.1, 0.15) is 18.1 Å². The molecule has 1 aromatic heterocycles. The van der Waals surface area contributed by atoms with Gasteiger partial charge in [0.25, 0.3) is 0 Å². The summed E-state index contributed by atoms with van der Waals surface area (Å²) in [4.78, 5) is 11.6. The summed E-state index contributed by atoms with van der Waals surface area (Å²) < 4.78 is 7.61. The van der Waals surface area contributed by atoms with E-state index in [1.54, 1.807) is 0 Å². The second-order valence-electron chi connectivity index (χ2n) is 4.69. The monoisotopic (exact) mass is 309 g/mol. The summed E-state index contributed by atoms with van der Waals surface area (Å²) in [6.45, 7) is 3.86. The van der Waals surface area contributed by atoms with E-state index in [2.05, 4.69) is 27.3 Å². The highest BCUT2D eigenvalue weighted by atomic mass is 16.5. The lowest BCUT2D eigenvalue weighted by Crippen LogP contribution is -2.35. The Balaban J connectivity index is 2.19. The maximum atomic E-state index is 11.6. The van der Waals surface area contributed by atoms with Crippen LogP contribution in [0.5, 0.6) is 5.75 Å². The molecule has 0 spiro atoms. The SMILES string of the molecule is CCC[n+]1ccc(OCCC(=O)NCC/C(=N/N)NN)cc1. The third-order valence-corrected chi connectivity index (χ3v) is 2.95. The van der Waals surface area contributed by atoms with E-state index in [1.165, 1.54) is 0 Å². The van der Waals surface area contributed by atoms with Crippen LogP contribution in [0.3, 0.4) is 0 Å². The quantitative estimate of drug-likeness (QED) is 0.160. The number of amides is 1. The van der Waals surface area contributed by atoms with E-state index in [1.807, 2.05) is 24.5 Å². The number of hydrazine groups is 1. The van der Waals surface area contributed by atoms with Gasteiger partial charge in [-0.2, -0.15) is 5.10 Å². The number of hydrogen-bond acceptors (Lipinski definition) is 5. The molecule has 0 aliphatic carbocycles. The highest BCUT2D eigenvalue weighted by Crippen LogP contribution is 2.06.